The third-order valence-electron chi connectivity index (χ3n) is 2.56. The number of carbonyl (C=O) groups excluding carboxylic acids is 1. The Kier molecular flexibility index (Phi) is 1.92. The van der Waals surface area contributed by atoms with Gasteiger partial charge in [-0.1, -0.05) is 0 Å². The summed E-state index contributed by atoms with van der Waals surface area (Å²) in [5.41, 5.74) is -0.208. The average Bonchev–Trinajstić information content (AvgIpc) is 2.05. The lowest BCUT2D eigenvalue weighted by Gasteiger charge is -2.39. The van der Waals surface area contributed by atoms with Gasteiger partial charge in [-0.3, -0.25) is 0 Å². The quantitative estimate of drug-likeness (QED) is 0.582. The summed E-state index contributed by atoms with van der Waals surface area (Å²) in [4.78, 5) is 11.0. The van der Waals surface area contributed by atoms with Crippen molar-refractivity contribution in [2.24, 2.45) is 0 Å². The minimum absolute atomic E-state index is 0.208. The molecule has 0 aromatic heterocycles. The number of rotatable bonds is 0. The number of ether oxygens (including phenoxy) is 2. The van der Waals surface area contributed by atoms with Crippen LogP contribution in [0, 0.1) is 0 Å². The van der Waals surface area contributed by atoms with E-state index in [1.54, 1.807) is 0 Å². The molecular formula is C8H13NO3. The largest absolute Gasteiger partial charge is 0.443 e. The maximum absolute atomic E-state index is 11.0. The zero-order valence-electron chi connectivity index (χ0n) is 6.97. The highest BCUT2D eigenvalue weighted by molar-refractivity contribution is 5.68. The Labute approximate surface area is 71.2 Å². The SMILES string of the molecule is O=C1NCCC2(CCOCC2)O1. The van der Waals surface area contributed by atoms with Gasteiger partial charge in [-0.2, -0.15) is 0 Å². The van der Waals surface area contributed by atoms with Crippen molar-refractivity contribution in [3.63, 3.8) is 0 Å². The molecule has 1 spiro atoms. The second-order valence-electron chi connectivity index (χ2n) is 3.36. The fraction of sp³-hybridized carbons (Fsp3) is 0.875. The predicted octanol–water partition coefficient (Wildman–Crippen LogP) is 0.666. The second kappa shape index (κ2) is 2.94. The van der Waals surface area contributed by atoms with Crippen LogP contribution >= 0.6 is 0 Å². The van der Waals surface area contributed by atoms with E-state index in [1.807, 2.05) is 0 Å². The Hall–Kier alpha value is -0.770. The Morgan fingerprint density at radius 1 is 1.25 bits per heavy atom. The van der Waals surface area contributed by atoms with Crippen LogP contribution in [0.4, 0.5) is 4.79 Å². The number of carbonyl (C=O) groups is 1. The van der Waals surface area contributed by atoms with Gasteiger partial charge < -0.3 is 14.8 Å². The van der Waals surface area contributed by atoms with Crippen molar-refractivity contribution in [1.82, 2.24) is 5.32 Å². The van der Waals surface area contributed by atoms with Crippen LogP contribution in [-0.2, 0) is 9.47 Å². The first kappa shape index (κ1) is 7.86. The van der Waals surface area contributed by atoms with Crippen molar-refractivity contribution in [2.45, 2.75) is 24.9 Å². The van der Waals surface area contributed by atoms with E-state index in [0.717, 1.165) is 25.8 Å². The molecule has 0 atom stereocenters. The van der Waals surface area contributed by atoms with Crippen molar-refractivity contribution in [2.75, 3.05) is 19.8 Å². The van der Waals surface area contributed by atoms with E-state index in [2.05, 4.69) is 5.32 Å². The summed E-state index contributed by atoms with van der Waals surface area (Å²) < 4.78 is 10.5. The fourth-order valence-electron chi connectivity index (χ4n) is 1.77. The predicted molar refractivity (Wildman–Crippen MR) is 41.9 cm³/mol. The smallest absolute Gasteiger partial charge is 0.407 e. The van der Waals surface area contributed by atoms with E-state index in [-0.39, 0.29) is 11.7 Å². The summed E-state index contributed by atoms with van der Waals surface area (Å²) in [6.07, 6.45) is 2.34. The molecule has 0 aromatic carbocycles. The Bertz CT molecular complexity index is 181. The molecule has 1 amide bonds. The first-order chi connectivity index (χ1) is 5.81. The van der Waals surface area contributed by atoms with E-state index in [1.165, 1.54) is 0 Å². The standard InChI is InChI=1S/C8H13NO3/c10-7-9-4-1-8(12-7)2-5-11-6-3-8/h1-6H2,(H,9,10). The summed E-state index contributed by atoms with van der Waals surface area (Å²) in [5.74, 6) is 0. The third kappa shape index (κ3) is 1.39. The summed E-state index contributed by atoms with van der Waals surface area (Å²) in [7, 11) is 0. The molecule has 12 heavy (non-hydrogen) atoms. The minimum atomic E-state index is -0.275. The van der Waals surface area contributed by atoms with Crippen molar-refractivity contribution in [1.29, 1.82) is 0 Å². The first-order valence-corrected chi connectivity index (χ1v) is 4.35. The lowest BCUT2D eigenvalue weighted by molar-refractivity contribution is -0.0850. The zero-order valence-corrected chi connectivity index (χ0v) is 6.97. The summed E-state index contributed by atoms with van der Waals surface area (Å²) in [6.45, 7) is 2.17. The van der Waals surface area contributed by atoms with E-state index < -0.39 is 0 Å². The van der Waals surface area contributed by atoms with E-state index in [0.29, 0.717) is 13.2 Å². The maximum atomic E-state index is 11.0. The van der Waals surface area contributed by atoms with Crippen LogP contribution in [0.2, 0.25) is 0 Å². The molecule has 68 valence electrons. The van der Waals surface area contributed by atoms with Gasteiger partial charge in [-0.25, -0.2) is 4.79 Å². The fourth-order valence-corrected chi connectivity index (χ4v) is 1.77. The van der Waals surface area contributed by atoms with E-state index >= 15 is 0 Å². The van der Waals surface area contributed by atoms with Gasteiger partial charge in [-0.15, -0.1) is 0 Å². The number of hydrogen-bond donors (Lipinski definition) is 1. The highest BCUT2D eigenvalue weighted by atomic mass is 16.6. The molecule has 2 fully saturated rings. The van der Waals surface area contributed by atoms with Gasteiger partial charge in [0.05, 0.1) is 13.2 Å². The molecule has 4 nitrogen and oxygen atoms in total. The molecule has 2 rings (SSSR count). The molecule has 2 aliphatic heterocycles. The molecule has 0 radical (unpaired) electrons. The molecule has 2 aliphatic rings. The Morgan fingerprint density at radius 3 is 2.67 bits per heavy atom. The minimum Gasteiger partial charge on any atom is -0.443 e. The van der Waals surface area contributed by atoms with Gasteiger partial charge in [0.15, 0.2) is 0 Å². The van der Waals surface area contributed by atoms with Gasteiger partial charge in [-0.05, 0) is 0 Å². The van der Waals surface area contributed by atoms with Crippen LogP contribution < -0.4 is 5.32 Å². The van der Waals surface area contributed by atoms with Gasteiger partial charge in [0, 0.05) is 25.8 Å². The van der Waals surface area contributed by atoms with E-state index in [4.69, 9.17) is 9.47 Å². The third-order valence-corrected chi connectivity index (χ3v) is 2.56. The van der Waals surface area contributed by atoms with Crippen LogP contribution in [0.1, 0.15) is 19.3 Å². The van der Waals surface area contributed by atoms with Crippen LogP contribution in [0.3, 0.4) is 0 Å². The van der Waals surface area contributed by atoms with Crippen LogP contribution in [-0.4, -0.2) is 31.5 Å². The molecular weight excluding hydrogens is 158 g/mol. The number of amides is 1. The van der Waals surface area contributed by atoms with E-state index in [9.17, 15) is 4.79 Å². The zero-order chi connectivity index (χ0) is 8.44. The second-order valence-corrected chi connectivity index (χ2v) is 3.36. The lowest BCUT2D eigenvalue weighted by atomic mass is 9.90. The highest BCUT2D eigenvalue weighted by Gasteiger charge is 2.38. The average molecular weight is 171 g/mol. The summed E-state index contributed by atoms with van der Waals surface area (Å²) in [5, 5.41) is 2.65. The number of alkyl carbamates (subject to hydrolysis) is 1. The lowest BCUT2D eigenvalue weighted by Crippen LogP contribution is -2.50. The normalized spacial score (nSPS) is 27.8. The first-order valence-electron chi connectivity index (χ1n) is 4.35. The van der Waals surface area contributed by atoms with Gasteiger partial charge in [0.2, 0.25) is 0 Å². The molecule has 0 bridgehead atoms. The molecule has 0 saturated carbocycles. The molecule has 2 heterocycles. The van der Waals surface area contributed by atoms with Crippen LogP contribution in [0.15, 0.2) is 0 Å². The molecule has 0 aliphatic carbocycles. The Morgan fingerprint density at radius 2 is 2.00 bits per heavy atom. The van der Waals surface area contributed by atoms with Crippen molar-refractivity contribution >= 4 is 6.09 Å². The van der Waals surface area contributed by atoms with Crippen molar-refractivity contribution in [3.05, 3.63) is 0 Å². The van der Waals surface area contributed by atoms with Gasteiger partial charge in [0.25, 0.3) is 0 Å². The highest BCUT2D eigenvalue weighted by Crippen LogP contribution is 2.30. The number of nitrogens with one attached hydrogen (secondary N) is 1. The van der Waals surface area contributed by atoms with Gasteiger partial charge >= 0.3 is 6.09 Å². The molecule has 0 unspecified atom stereocenters. The van der Waals surface area contributed by atoms with Crippen LogP contribution in [0.25, 0.3) is 0 Å². The summed E-state index contributed by atoms with van der Waals surface area (Å²) >= 11 is 0. The topological polar surface area (TPSA) is 47.6 Å². The van der Waals surface area contributed by atoms with Gasteiger partial charge in [0.1, 0.15) is 5.60 Å². The number of hydrogen-bond acceptors (Lipinski definition) is 3. The van der Waals surface area contributed by atoms with Crippen molar-refractivity contribution in [3.8, 4) is 0 Å². The molecule has 2 saturated heterocycles. The summed E-state index contributed by atoms with van der Waals surface area (Å²) in [6, 6.07) is 0. The van der Waals surface area contributed by atoms with Crippen molar-refractivity contribution < 1.29 is 14.3 Å². The van der Waals surface area contributed by atoms with Crippen LogP contribution in [0.5, 0.6) is 0 Å². The molecule has 0 aromatic rings. The molecule has 4 heteroatoms. The molecule has 1 N–H and O–H groups in total. The maximum Gasteiger partial charge on any atom is 0.407 e. The Balaban J connectivity index is 2.02. The monoisotopic (exact) mass is 171 g/mol.